The van der Waals surface area contributed by atoms with Gasteiger partial charge >= 0.3 is 0 Å². The molecule has 0 unspecified atom stereocenters. The van der Waals surface area contributed by atoms with Gasteiger partial charge in [0.2, 0.25) is 0 Å². The van der Waals surface area contributed by atoms with Gasteiger partial charge in [0.15, 0.2) is 11.5 Å². The Labute approximate surface area is 195 Å². The lowest BCUT2D eigenvalue weighted by Crippen LogP contribution is -2.39. The van der Waals surface area contributed by atoms with Gasteiger partial charge in [-0.1, -0.05) is 11.6 Å². The zero-order valence-corrected chi connectivity index (χ0v) is 19.4. The Hall–Kier alpha value is -3.19. The van der Waals surface area contributed by atoms with Gasteiger partial charge in [-0.3, -0.25) is 9.59 Å². The Kier molecular flexibility index (Phi) is 5.24. The van der Waals surface area contributed by atoms with Gasteiger partial charge in [0.25, 0.3) is 5.91 Å². The summed E-state index contributed by atoms with van der Waals surface area (Å²) < 4.78 is 22.8. The van der Waals surface area contributed by atoms with Crippen LogP contribution in [0.15, 0.2) is 28.7 Å². The number of amides is 1. The van der Waals surface area contributed by atoms with Crippen molar-refractivity contribution in [3.05, 3.63) is 46.2 Å². The van der Waals surface area contributed by atoms with Crippen LogP contribution in [0.5, 0.6) is 17.2 Å². The zero-order chi connectivity index (χ0) is 23.3. The number of ether oxygens (including phenoxy) is 3. The van der Waals surface area contributed by atoms with Crippen molar-refractivity contribution in [2.75, 3.05) is 19.5 Å². The Morgan fingerprint density at radius 3 is 2.55 bits per heavy atom. The fraction of sp³-hybridized carbons (Fsp3) is 0.360. The summed E-state index contributed by atoms with van der Waals surface area (Å²) in [5, 5.41) is 3.74. The van der Waals surface area contributed by atoms with Crippen LogP contribution in [-0.2, 0) is 0 Å². The van der Waals surface area contributed by atoms with Crippen LogP contribution in [0.4, 0.5) is 5.69 Å². The van der Waals surface area contributed by atoms with Gasteiger partial charge < -0.3 is 23.9 Å². The second kappa shape index (κ2) is 7.99. The molecule has 8 heteroatoms. The molecule has 1 saturated carbocycles. The van der Waals surface area contributed by atoms with Crippen LogP contribution in [-0.4, -0.2) is 31.5 Å². The van der Waals surface area contributed by atoms with Gasteiger partial charge in [-0.25, -0.2) is 0 Å². The lowest BCUT2D eigenvalue weighted by molar-refractivity contribution is 0.0454. The highest BCUT2D eigenvalue weighted by Crippen LogP contribution is 2.46. The highest BCUT2D eigenvalue weighted by Gasteiger charge is 2.43. The second-order valence-electron chi connectivity index (χ2n) is 8.60. The highest BCUT2D eigenvalue weighted by atomic mass is 35.5. The van der Waals surface area contributed by atoms with Crippen molar-refractivity contribution >= 4 is 39.9 Å². The minimum atomic E-state index is -0.478. The van der Waals surface area contributed by atoms with Crippen LogP contribution in [0.2, 0.25) is 5.02 Å². The number of ketones is 1. The molecule has 5 rings (SSSR count). The number of benzene rings is 2. The molecule has 7 nitrogen and oxygen atoms in total. The quantitative estimate of drug-likeness (QED) is 0.508. The predicted octanol–water partition coefficient (Wildman–Crippen LogP) is 5.94. The van der Waals surface area contributed by atoms with E-state index in [1.54, 1.807) is 31.2 Å². The number of methoxy groups -OCH3 is 2. The minimum absolute atomic E-state index is 0.0308. The summed E-state index contributed by atoms with van der Waals surface area (Å²) in [5.41, 5.74) is 1.53. The molecule has 33 heavy (non-hydrogen) atoms. The summed E-state index contributed by atoms with van der Waals surface area (Å²) in [5.74, 6) is 1.05. The van der Waals surface area contributed by atoms with E-state index in [-0.39, 0.29) is 17.1 Å². The number of furan rings is 1. The third-order valence-corrected chi connectivity index (χ3v) is 6.88. The average molecular weight is 470 g/mol. The number of carbonyl (C=O) groups is 2. The van der Waals surface area contributed by atoms with Crippen molar-refractivity contribution in [3.8, 4) is 17.2 Å². The standard InChI is InChI=1S/C25H24ClNO6/c1-13-21-17(6-7-18-22(21)16(28)12-25(33-18)8-4-5-9-25)32-23(13)24(29)27-15-10-14(26)19(30-2)11-20(15)31-3/h6-7,10-11H,4-5,8-9,12H2,1-3H3,(H,27,29). The lowest BCUT2D eigenvalue weighted by atomic mass is 9.87. The van der Waals surface area contributed by atoms with Crippen LogP contribution in [0.25, 0.3) is 11.0 Å². The van der Waals surface area contributed by atoms with Crippen LogP contribution in [0.3, 0.4) is 0 Å². The normalized spacial score (nSPS) is 16.5. The molecule has 0 bridgehead atoms. The number of hydrogen-bond donors (Lipinski definition) is 1. The predicted molar refractivity (Wildman–Crippen MR) is 124 cm³/mol. The molecule has 0 radical (unpaired) electrons. The fourth-order valence-corrected chi connectivity index (χ4v) is 5.23. The SMILES string of the molecule is COc1cc(OC)c(NC(=O)c2oc3ccc4c(c3c2C)C(=O)CC2(CCCC2)O4)cc1Cl. The first kappa shape index (κ1) is 21.6. The molecule has 1 aliphatic carbocycles. The van der Waals surface area contributed by atoms with E-state index < -0.39 is 5.91 Å². The monoisotopic (exact) mass is 469 g/mol. The number of anilines is 1. The van der Waals surface area contributed by atoms with Crippen molar-refractivity contribution in [3.63, 3.8) is 0 Å². The lowest BCUT2D eigenvalue weighted by Gasteiger charge is -2.34. The summed E-state index contributed by atoms with van der Waals surface area (Å²) in [7, 11) is 2.98. The third kappa shape index (κ3) is 3.51. The number of rotatable bonds is 4. The van der Waals surface area contributed by atoms with Gasteiger partial charge in [0.05, 0.1) is 36.9 Å². The van der Waals surface area contributed by atoms with E-state index >= 15 is 0 Å². The van der Waals surface area contributed by atoms with Crippen molar-refractivity contribution in [1.82, 2.24) is 0 Å². The number of carbonyl (C=O) groups excluding carboxylic acids is 2. The smallest absolute Gasteiger partial charge is 0.291 e. The molecule has 1 N–H and O–H groups in total. The van der Waals surface area contributed by atoms with E-state index in [4.69, 9.17) is 30.2 Å². The van der Waals surface area contributed by atoms with Gasteiger partial charge in [-0.2, -0.15) is 0 Å². The van der Waals surface area contributed by atoms with E-state index in [1.165, 1.54) is 14.2 Å². The van der Waals surface area contributed by atoms with Gasteiger partial charge in [0, 0.05) is 17.0 Å². The first-order chi connectivity index (χ1) is 15.9. The minimum Gasteiger partial charge on any atom is -0.495 e. The van der Waals surface area contributed by atoms with E-state index in [0.717, 1.165) is 25.7 Å². The molecular formula is C25H24ClNO6. The molecule has 0 saturated heterocycles. The third-order valence-electron chi connectivity index (χ3n) is 6.59. The Morgan fingerprint density at radius 2 is 1.85 bits per heavy atom. The topological polar surface area (TPSA) is 87.0 Å². The first-order valence-corrected chi connectivity index (χ1v) is 11.2. The van der Waals surface area contributed by atoms with E-state index in [2.05, 4.69) is 5.32 Å². The van der Waals surface area contributed by atoms with Crippen molar-refractivity contribution in [2.45, 2.75) is 44.6 Å². The van der Waals surface area contributed by atoms with E-state index in [0.29, 0.717) is 56.5 Å². The van der Waals surface area contributed by atoms with Crippen molar-refractivity contribution < 1.29 is 28.2 Å². The molecule has 3 aromatic rings. The maximum atomic E-state index is 13.2. The second-order valence-corrected chi connectivity index (χ2v) is 9.01. The fourth-order valence-electron chi connectivity index (χ4n) is 4.99. The number of nitrogens with one attached hydrogen (secondary N) is 1. The Balaban J connectivity index is 1.52. The van der Waals surface area contributed by atoms with E-state index in [9.17, 15) is 9.59 Å². The number of halogens is 1. The van der Waals surface area contributed by atoms with Gasteiger partial charge in [-0.05, 0) is 50.8 Å². The summed E-state index contributed by atoms with van der Waals surface area (Å²) in [6, 6.07) is 6.67. The number of hydrogen-bond acceptors (Lipinski definition) is 6. The molecule has 2 heterocycles. The molecule has 1 spiro atoms. The maximum Gasteiger partial charge on any atom is 0.291 e. The molecule has 172 valence electrons. The summed E-state index contributed by atoms with van der Waals surface area (Å²) >= 11 is 6.22. The number of Topliss-reactive ketones (excluding diaryl/α,β-unsaturated/α-hetero) is 1. The molecular weight excluding hydrogens is 446 g/mol. The van der Waals surface area contributed by atoms with Gasteiger partial charge in [0.1, 0.15) is 28.4 Å². The Bertz CT molecular complexity index is 1290. The molecule has 0 atom stereocenters. The molecule has 2 aliphatic rings. The molecule has 1 aliphatic heterocycles. The summed E-state index contributed by atoms with van der Waals surface area (Å²) in [6.07, 6.45) is 4.27. The Morgan fingerprint density at radius 1 is 1.12 bits per heavy atom. The summed E-state index contributed by atoms with van der Waals surface area (Å²) in [4.78, 5) is 26.3. The van der Waals surface area contributed by atoms with E-state index in [1.807, 2.05) is 0 Å². The highest BCUT2D eigenvalue weighted by molar-refractivity contribution is 6.32. The van der Waals surface area contributed by atoms with Crippen LogP contribution < -0.4 is 19.5 Å². The first-order valence-electron chi connectivity index (χ1n) is 10.9. The molecule has 1 aromatic heterocycles. The van der Waals surface area contributed by atoms with Crippen molar-refractivity contribution in [2.24, 2.45) is 0 Å². The van der Waals surface area contributed by atoms with Crippen LogP contribution >= 0.6 is 11.6 Å². The molecule has 2 aromatic carbocycles. The van der Waals surface area contributed by atoms with Crippen LogP contribution in [0.1, 0.15) is 58.6 Å². The molecule has 1 amide bonds. The largest absolute Gasteiger partial charge is 0.495 e. The van der Waals surface area contributed by atoms with Gasteiger partial charge in [-0.15, -0.1) is 0 Å². The maximum absolute atomic E-state index is 13.2. The zero-order valence-electron chi connectivity index (χ0n) is 18.7. The van der Waals surface area contributed by atoms with Crippen molar-refractivity contribution in [1.29, 1.82) is 0 Å². The number of fused-ring (bicyclic) bond motifs is 3. The average Bonchev–Trinajstić information content (AvgIpc) is 3.38. The molecule has 1 fully saturated rings. The van der Waals surface area contributed by atoms with Crippen LogP contribution in [0, 0.1) is 6.92 Å². The summed E-state index contributed by atoms with van der Waals surface area (Å²) in [6.45, 7) is 1.77. The number of aryl methyl sites for hydroxylation is 1.